The molecule has 7 heteroatoms. The topological polar surface area (TPSA) is 80.6 Å². The molecule has 1 saturated carbocycles. The van der Waals surface area contributed by atoms with Crippen LogP contribution in [-0.4, -0.2) is 24.7 Å². The Kier molecular flexibility index (Phi) is 4.89. The molecule has 3 heterocycles. The third kappa shape index (κ3) is 3.45. The lowest BCUT2D eigenvalue weighted by molar-refractivity contribution is 0.496. The molecule has 1 unspecified atom stereocenters. The van der Waals surface area contributed by atoms with Crippen LogP contribution in [0.2, 0.25) is 0 Å². The van der Waals surface area contributed by atoms with Gasteiger partial charge in [-0.2, -0.15) is 5.10 Å². The monoisotopic (exact) mass is 355 g/mol. The van der Waals surface area contributed by atoms with Gasteiger partial charge in [0.15, 0.2) is 0 Å². The van der Waals surface area contributed by atoms with E-state index in [0.29, 0.717) is 11.8 Å². The lowest BCUT2D eigenvalue weighted by Crippen LogP contribution is -2.20. The van der Waals surface area contributed by atoms with Crippen molar-refractivity contribution in [3.8, 4) is 0 Å². The fourth-order valence-electron chi connectivity index (χ4n) is 4.16. The molecule has 0 bridgehead atoms. The number of anilines is 1. The minimum absolute atomic E-state index is 0.0959. The molecule has 0 saturated heterocycles. The van der Waals surface area contributed by atoms with Crippen molar-refractivity contribution < 1.29 is 0 Å². The average molecular weight is 355 g/mol. The average Bonchev–Trinajstić information content (AvgIpc) is 3.35. The highest BCUT2D eigenvalue weighted by Gasteiger charge is 2.27. The van der Waals surface area contributed by atoms with Crippen LogP contribution in [0.25, 0.3) is 0 Å². The van der Waals surface area contributed by atoms with Crippen LogP contribution in [-0.2, 0) is 20.1 Å². The van der Waals surface area contributed by atoms with Gasteiger partial charge in [-0.25, -0.2) is 15.0 Å². The standard InChI is InChI=1S/C19H29N7/c1-12(2)8-15(19-21-11-22-26(19)3)23-18-14-9-20-10-16(14)24-17(25-18)13-6-4-5-7-13/h11-13,15,20H,4-10H2,1-3H3,(H,23,24,25). The third-order valence-electron chi connectivity index (χ3n) is 5.50. The Morgan fingerprint density at radius 2 is 2.04 bits per heavy atom. The molecule has 1 aliphatic heterocycles. The van der Waals surface area contributed by atoms with Crippen molar-refractivity contribution in [2.24, 2.45) is 13.0 Å². The highest BCUT2D eigenvalue weighted by molar-refractivity contribution is 5.50. The molecule has 0 spiro atoms. The van der Waals surface area contributed by atoms with Gasteiger partial charge in [0, 0.05) is 31.6 Å². The van der Waals surface area contributed by atoms with E-state index >= 15 is 0 Å². The normalized spacial score (nSPS) is 18.5. The minimum Gasteiger partial charge on any atom is -0.360 e. The van der Waals surface area contributed by atoms with Crippen molar-refractivity contribution in [2.45, 2.75) is 71.0 Å². The number of fused-ring (bicyclic) bond motifs is 1. The second kappa shape index (κ2) is 7.31. The van der Waals surface area contributed by atoms with Crippen molar-refractivity contribution >= 4 is 5.82 Å². The van der Waals surface area contributed by atoms with Crippen LogP contribution in [0.1, 0.15) is 80.8 Å². The molecular formula is C19H29N7. The quantitative estimate of drug-likeness (QED) is 0.829. The van der Waals surface area contributed by atoms with Gasteiger partial charge in [0.05, 0.1) is 11.7 Å². The number of nitrogens with one attached hydrogen (secondary N) is 2. The molecule has 0 radical (unpaired) electrons. The van der Waals surface area contributed by atoms with Crippen molar-refractivity contribution in [2.75, 3.05) is 5.32 Å². The van der Waals surface area contributed by atoms with E-state index in [-0.39, 0.29) is 6.04 Å². The fraction of sp³-hybridized carbons (Fsp3) is 0.684. The SMILES string of the molecule is CC(C)CC(Nc1nc(C2CCCC2)nc2c1CNC2)c1ncnn1C. The van der Waals surface area contributed by atoms with E-state index in [1.54, 1.807) is 6.33 Å². The second-order valence-electron chi connectivity index (χ2n) is 8.01. The maximum absolute atomic E-state index is 4.99. The van der Waals surface area contributed by atoms with Crippen LogP contribution in [0.5, 0.6) is 0 Å². The van der Waals surface area contributed by atoms with Crippen molar-refractivity contribution in [3.63, 3.8) is 0 Å². The number of aromatic nitrogens is 5. The molecule has 1 atom stereocenters. The lowest BCUT2D eigenvalue weighted by atomic mass is 10.0. The maximum Gasteiger partial charge on any atom is 0.149 e. The van der Waals surface area contributed by atoms with E-state index in [9.17, 15) is 0 Å². The summed E-state index contributed by atoms with van der Waals surface area (Å²) in [6.45, 7) is 6.14. The molecule has 2 N–H and O–H groups in total. The van der Waals surface area contributed by atoms with Crippen LogP contribution in [0.4, 0.5) is 5.82 Å². The van der Waals surface area contributed by atoms with Gasteiger partial charge in [0.25, 0.3) is 0 Å². The van der Waals surface area contributed by atoms with Gasteiger partial charge in [-0.15, -0.1) is 0 Å². The highest BCUT2D eigenvalue weighted by atomic mass is 15.3. The Labute approximate surface area is 155 Å². The number of aryl methyl sites for hydroxylation is 1. The van der Waals surface area contributed by atoms with Gasteiger partial charge in [0.2, 0.25) is 0 Å². The first kappa shape index (κ1) is 17.4. The first-order valence-electron chi connectivity index (χ1n) is 9.82. The summed E-state index contributed by atoms with van der Waals surface area (Å²) in [6.07, 6.45) is 7.62. The summed E-state index contributed by atoms with van der Waals surface area (Å²) in [4.78, 5) is 14.4. The van der Waals surface area contributed by atoms with Crippen LogP contribution >= 0.6 is 0 Å². The van der Waals surface area contributed by atoms with E-state index in [4.69, 9.17) is 9.97 Å². The summed E-state index contributed by atoms with van der Waals surface area (Å²) in [5, 5.41) is 11.4. The third-order valence-corrected chi connectivity index (χ3v) is 5.50. The summed E-state index contributed by atoms with van der Waals surface area (Å²) >= 11 is 0. The van der Waals surface area contributed by atoms with Crippen molar-refractivity contribution in [1.29, 1.82) is 0 Å². The summed E-state index contributed by atoms with van der Waals surface area (Å²) < 4.78 is 1.86. The second-order valence-corrected chi connectivity index (χ2v) is 8.01. The number of hydrogen-bond donors (Lipinski definition) is 2. The zero-order valence-corrected chi connectivity index (χ0v) is 16.0. The predicted molar refractivity (Wildman–Crippen MR) is 101 cm³/mol. The van der Waals surface area contributed by atoms with Crippen molar-refractivity contribution in [3.05, 3.63) is 29.2 Å². The van der Waals surface area contributed by atoms with Gasteiger partial charge in [0.1, 0.15) is 23.8 Å². The smallest absolute Gasteiger partial charge is 0.149 e. The molecule has 1 aliphatic carbocycles. The molecule has 2 aliphatic rings. The molecule has 2 aromatic rings. The molecule has 0 amide bonds. The molecule has 26 heavy (non-hydrogen) atoms. The van der Waals surface area contributed by atoms with E-state index in [2.05, 4.69) is 34.6 Å². The van der Waals surface area contributed by atoms with Crippen LogP contribution < -0.4 is 10.6 Å². The largest absolute Gasteiger partial charge is 0.360 e. The van der Waals surface area contributed by atoms with Gasteiger partial charge in [-0.05, 0) is 25.2 Å². The Bertz CT molecular complexity index is 761. The van der Waals surface area contributed by atoms with E-state index < -0.39 is 0 Å². The van der Waals surface area contributed by atoms with Crippen LogP contribution in [0, 0.1) is 5.92 Å². The Hall–Kier alpha value is -2.02. The summed E-state index contributed by atoms with van der Waals surface area (Å²) in [6, 6.07) is 0.0959. The number of rotatable bonds is 6. The van der Waals surface area contributed by atoms with E-state index in [0.717, 1.165) is 42.7 Å². The first-order valence-corrected chi connectivity index (χ1v) is 9.82. The number of hydrogen-bond acceptors (Lipinski definition) is 6. The van der Waals surface area contributed by atoms with Gasteiger partial charge >= 0.3 is 0 Å². The van der Waals surface area contributed by atoms with Crippen molar-refractivity contribution in [1.82, 2.24) is 30.0 Å². The molecule has 7 nitrogen and oxygen atoms in total. The maximum atomic E-state index is 4.99. The summed E-state index contributed by atoms with van der Waals surface area (Å²) in [5.41, 5.74) is 2.37. The molecular weight excluding hydrogens is 326 g/mol. The van der Waals surface area contributed by atoms with Gasteiger partial charge in [-0.1, -0.05) is 26.7 Å². The fourth-order valence-corrected chi connectivity index (χ4v) is 4.16. The van der Waals surface area contributed by atoms with Crippen LogP contribution in [0.3, 0.4) is 0 Å². The molecule has 1 fully saturated rings. The van der Waals surface area contributed by atoms with Crippen LogP contribution in [0.15, 0.2) is 6.33 Å². The molecule has 140 valence electrons. The molecule has 0 aromatic carbocycles. The Morgan fingerprint density at radius 3 is 2.73 bits per heavy atom. The van der Waals surface area contributed by atoms with E-state index in [1.165, 1.54) is 31.2 Å². The van der Waals surface area contributed by atoms with Gasteiger partial charge < -0.3 is 10.6 Å². The molecule has 2 aromatic heterocycles. The first-order chi connectivity index (χ1) is 12.6. The Balaban J connectivity index is 1.67. The zero-order chi connectivity index (χ0) is 18.1. The van der Waals surface area contributed by atoms with E-state index in [1.807, 2.05) is 11.7 Å². The molecule has 4 rings (SSSR count). The summed E-state index contributed by atoms with van der Waals surface area (Å²) in [7, 11) is 1.95. The number of nitrogens with zero attached hydrogens (tertiary/aromatic N) is 5. The lowest BCUT2D eigenvalue weighted by Gasteiger charge is -2.22. The zero-order valence-electron chi connectivity index (χ0n) is 16.0. The predicted octanol–water partition coefficient (Wildman–Crippen LogP) is 3.07. The highest BCUT2D eigenvalue weighted by Crippen LogP contribution is 2.35. The van der Waals surface area contributed by atoms with Gasteiger partial charge in [-0.3, -0.25) is 4.68 Å². The summed E-state index contributed by atoms with van der Waals surface area (Å²) in [5.74, 6) is 4.02. The Morgan fingerprint density at radius 1 is 1.23 bits per heavy atom. The minimum atomic E-state index is 0.0959.